The first-order chi connectivity index (χ1) is 17.8. The molecule has 2 aliphatic heterocycles. The number of hydrogen-bond donors (Lipinski definition) is 1. The highest BCUT2D eigenvalue weighted by Crippen LogP contribution is 2.37. The van der Waals surface area contributed by atoms with Crippen molar-refractivity contribution in [3.8, 4) is 11.5 Å². The lowest BCUT2D eigenvalue weighted by atomic mass is 9.93. The van der Waals surface area contributed by atoms with Crippen molar-refractivity contribution < 1.29 is 23.8 Å². The Morgan fingerprint density at radius 2 is 1.97 bits per heavy atom. The number of fused-ring (bicyclic) bond motifs is 2. The van der Waals surface area contributed by atoms with Gasteiger partial charge >= 0.3 is 5.97 Å². The molecule has 13 heteroatoms. The number of likely N-dealkylation sites (tertiary alicyclic amines) is 1. The molecule has 1 atom stereocenters. The molecule has 2 aromatic heterocycles. The Labute approximate surface area is 219 Å². The van der Waals surface area contributed by atoms with Crippen molar-refractivity contribution >= 4 is 53.9 Å². The topological polar surface area (TPSA) is 135 Å². The SMILES string of the molecule is [B]c1cc2c(cc1Sc1nc3c(N)ncnc3n1CCC1CCN(C(=O)[C@H](C)OC(C)=O)CC1)OCO2. The number of amides is 1. The molecular weight excluding hydrogens is 495 g/mol. The largest absolute Gasteiger partial charge is 0.454 e. The van der Waals surface area contributed by atoms with E-state index in [1.165, 1.54) is 25.0 Å². The second-order valence-corrected chi connectivity index (χ2v) is 10.1. The molecule has 3 aromatic rings. The van der Waals surface area contributed by atoms with Gasteiger partial charge < -0.3 is 29.4 Å². The van der Waals surface area contributed by atoms with Crippen LogP contribution in [0.1, 0.15) is 33.1 Å². The highest BCUT2D eigenvalue weighted by molar-refractivity contribution is 7.99. The summed E-state index contributed by atoms with van der Waals surface area (Å²) in [5, 5.41) is 0.704. The Balaban J connectivity index is 1.30. The average Bonchev–Trinajstić information content (AvgIpc) is 3.47. The molecule has 0 saturated carbocycles. The summed E-state index contributed by atoms with van der Waals surface area (Å²) in [6.45, 7) is 5.01. The van der Waals surface area contributed by atoms with E-state index in [0.717, 1.165) is 24.2 Å². The quantitative estimate of drug-likeness (QED) is 0.361. The van der Waals surface area contributed by atoms with Gasteiger partial charge in [0.2, 0.25) is 6.79 Å². The number of aromatic nitrogens is 4. The summed E-state index contributed by atoms with van der Waals surface area (Å²) in [5.74, 6) is 1.39. The molecule has 2 N–H and O–H groups in total. The molecule has 4 heterocycles. The lowest BCUT2D eigenvalue weighted by Gasteiger charge is -2.33. The Morgan fingerprint density at radius 3 is 2.70 bits per heavy atom. The number of carbonyl (C=O) groups is 2. The molecule has 5 rings (SSSR count). The number of carbonyl (C=O) groups excluding carboxylic acids is 2. The Kier molecular flexibility index (Phi) is 7.14. The first kappa shape index (κ1) is 25.2. The standard InChI is InChI=1S/C24H27BN6O5S/c1-13(36-14(2)32)23(33)30-6-3-15(4-7-30)5-8-31-22-20(21(26)27-11-28-22)29-24(31)37-19-10-18-17(9-16(19)25)34-12-35-18/h9-11,13,15H,3-8,12H2,1-2H3,(H2,26,27,28)/t13-/m0/s1. The lowest BCUT2D eigenvalue weighted by molar-refractivity contribution is -0.158. The number of imidazole rings is 1. The van der Waals surface area contributed by atoms with Crippen LogP contribution in [0, 0.1) is 5.92 Å². The molecule has 1 amide bonds. The number of anilines is 1. The van der Waals surface area contributed by atoms with E-state index in [0.29, 0.717) is 64.7 Å². The Morgan fingerprint density at radius 1 is 1.24 bits per heavy atom. The highest BCUT2D eigenvalue weighted by Gasteiger charge is 2.28. The van der Waals surface area contributed by atoms with Crippen LogP contribution in [0.3, 0.4) is 0 Å². The third-order valence-electron chi connectivity index (χ3n) is 6.61. The van der Waals surface area contributed by atoms with Gasteiger partial charge in [-0.2, -0.15) is 0 Å². The second-order valence-electron chi connectivity index (χ2n) is 9.13. The number of piperidine rings is 1. The third-order valence-corrected chi connectivity index (χ3v) is 7.68. The number of nitrogens with two attached hydrogens (primary N) is 1. The number of benzene rings is 1. The van der Waals surface area contributed by atoms with Gasteiger partial charge in [-0.05, 0) is 44.2 Å². The van der Waals surface area contributed by atoms with Crippen LogP contribution in [0.4, 0.5) is 5.82 Å². The summed E-state index contributed by atoms with van der Waals surface area (Å²) in [7, 11) is 6.29. The maximum absolute atomic E-state index is 12.6. The molecule has 11 nitrogen and oxygen atoms in total. The van der Waals surface area contributed by atoms with E-state index in [1.807, 2.05) is 10.6 Å². The zero-order valence-electron chi connectivity index (χ0n) is 20.7. The fourth-order valence-electron chi connectivity index (χ4n) is 4.65. The monoisotopic (exact) mass is 522 g/mol. The minimum Gasteiger partial charge on any atom is -0.454 e. The molecule has 0 spiro atoms. The van der Waals surface area contributed by atoms with E-state index in [-0.39, 0.29) is 12.7 Å². The number of nitrogens with zero attached hydrogens (tertiary/aromatic N) is 5. The summed E-state index contributed by atoms with van der Waals surface area (Å²) in [6, 6.07) is 3.60. The van der Waals surface area contributed by atoms with E-state index in [2.05, 4.69) is 9.97 Å². The number of esters is 1. The Bertz CT molecular complexity index is 1340. The molecule has 1 saturated heterocycles. The predicted molar refractivity (Wildman–Crippen MR) is 137 cm³/mol. The molecule has 1 aromatic carbocycles. The molecule has 0 unspecified atom stereocenters. The van der Waals surface area contributed by atoms with Crippen molar-refractivity contribution in [2.24, 2.45) is 5.92 Å². The van der Waals surface area contributed by atoms with Crippen LogP contribution < -0.4 is 20.7 Å². The Hall–Kier alpha value is -3.48. The van der Waals surface area contributed by atoms with E-state index in [4.69, 9.17) is 32.8 Å². The van der Waals surface area contributed by atoms with Gasteiger partial charge in [0, 0.05) is 31.5 Å². The van der Waals surface area contributed by atoms with Crippen LogP contribution in [-0.2, 0) is 20.9 Å². The number of hydrogen-bond acceptors (Lipinski definition) is 10. The second kappa shape index (κ2) is 10.5. The molecule has 192 valence electrons. The molecule has 37 heavy (non-hydrogen) atoms. The summed E-state index contributed by atoms with van der Waals surface area (Å²) in [4.78, 5) is 39.6. The van der Waals surface area contributed by atoms with Gasteiger partial charge in [0.1, 0.15) is 14.2 Å². The minimum atomic E-state index is -0.764. The van der Waals surface area contributed by atoms with Gasteiger partial charge in [-0.3, -0.25) is 9.59 Å². The fourth-order valence-corrected chi connectivity index (χ4v) is 5.61. The van der Waals surface area contributed by atoms with E-state index in [9.17, 15) is 9.59 Å². The van der Waals surface area contributed by atoms with Gasteiger partial charge in [0.05, 0.1) is 0 Å². The molecular formula is C24H27BN6O5S. The van der Waals surface area contributed by atoms with Crippen LogP contribution in [0.5, 0.6) is 11.5 Å². The van der Waals surface area contributed by atoms with Crippen molar-refractivity contribution in [2.75, 3.05) is 25.6 Å². The van der Waals surface area contributed by atoms with Crippen LogP contribution in [0.2, 0.25) is 0 Å². The van der Waals surface area contributed by atoms with Crippen LogP contribution >= 0.6 is 11.8 Å². The smallest absolute Gasteiger partial charge is 0.303 e. The van der Waals surface area contributed by atoms with E-state index >= 15 is 0 Å². The number of ether oxygens (including phenoxy) is 3. The molecule has 2 aliphatic rings. The van der Waals surface area contributed by atoms with Crippen molar-refractivity contribution in [1.82, 2.24) is 24.4 Å². The summed E-state index contributed by atoms with van der Waals surface area (Å²) in [5.41, 5.74) is 7.88. The molecule has 1 fully saturated rings. The molecule has 0 bridgehead atoms. The summed E-state index contributed by atoms with van der Waals surface area (Å²) in [6.07, 6.45) is 3.27. The minimum absolute atomic E-state index is 0.151. The number of rotatable bonds is 7. The predicted octanol–water partition coefficient (Wildman–Crippen LogP) is 1.66. The maximum atomic E-state index is 12.6. The van der Waals surface area contributed by atoms with Crippen LogP contribution in [0.25, 0.3) is 11.2 Å². The first-order valence-corrected chi connectivity index (χ1v) is 12.9. The van der Waals surface area contributed by atoms with Gasteiger partial charge in [0.15, 0.2) is 39.7 Å². The maximum Gasteiger partial charge on any atom is 0.303 e. The summed E-state index contributed by atoms with van der Waals surface area (Å²) >= 11 is 1.41. The summed E-state index contributed by atoms with van der Waals surface area (Å²) < 4.78 is 18.0. The van der Waals surface area contributed by atoms with Crippen molar-refractivity contribution in [3.63, 3.8) is 0 Å². The van der Waals surface area contributed by atoms with Gasteiger partial charge in [0.25, 0.3) is 5.91 Å². The van der Waals surface area contributed by atoms with E-state index < -0.39 is 12.1 Å². The number of aryl methyl sites for hydroxylation is 1. The number of nitrogen functional groups attached to an aromatic ring is 1. The van der Waals surface area contributed by atoms with Gasteiger partial charge in [-0.15, -0.1) is 0 Å². The molecule has 2 radical (unpaired) electrons. The van der Waals surface area contributed by atoms with Crippen molar-refractivity contribution in [3.05, 3.63) is 18.5 Å². The van der Waals surface area contributed by atoms with Gasteiger partial charge in [-0.25, -0.2) is 15.0 Å². The van der Waals surface area contributed by atoms with Gasteiger partial charge in [-0.1, -0.05) is 17.2 Å². The zero-order valence-corrected chi connectivity index (χ0v) is 21.5. The van der Waals surface area contributed by atoms with E-state index in [1.54, 1.807) is 17.9 Å². The van der Waals surface area contributed by atoms with Crippen molar-refractivity contribution in [1.29, 1.82) is 0 Å². The average molecular weight is 522 g/mol. The molecule has 0 aliphatic carbocycles. The zero-order chi connectivity index (χ0) is 26.1. The van der Waals surface area contributed by atoms with Crippen molar-refractivity contribution in [2.45, 2.75) is 55.8 Å². The third kappa shape index (κ3) is 5.31. The first-order valence-electron chi connectivity index (χ1n) is 12.1. The fraction of sp³-hybridized carbons (Fsp3) is 0.458. The normalized spacial score (nSPS) is 16.2. The highest BCUT2D eigenvalue weighted by atomic mass is 32.2. The lowest BCUT2D eigenvalue weighted by Crippen LogP contribution is -2.44. The van der Waals surface area contributed by atoms with Crippen LogP contribution in [-0.4, -0.2) is 70.1 Å². The van der Waals surface area contributed by atoms with Crippen LogP contribution in [0.15, 0.2) is 28.5 Å².